The van der Waals surface area contributed by atoms with Gasteiger partial charge < -0.3 is 14.8 Å². The summed E-state index contributed by atoms with van der Waals surface area (Å²) in [6, 6.07) is 7.47. The highest BCUT2D eigenvalue weighted by Gasteiger charge is 2.09. The van der Waals surface area contributed by atoms with Crippen LogP contribution in [0.25, 0.3) is 6.08 Å². The third-order valence-corrected chi connectivity index (χ3v) is 4.57. The first-order chi connectivity index (χ1) is 10.5. The molecule has 2 rings (SSSR count). The molecule has 0 saturated heterocycles. The normalized spacial score (nSPS) is 10.7. The summed E-state index contributed by atoms with van der Waals surface area (Å²) in [5, 5.41) is 2.84. The van der Waals surface area contributed by atoms with Crippen molar-refractivity contribution in [2.75, 3.05) is 19.5 Å². The first-order valence-corrected chi connectivity index (χ1v) is 8.11. The number of carbonyl (C=O) groups is 1. The number of nitrogens with one attached hydrogen (secondary N) is 1. The minimum atomic E-state index is -0.195. The van der Waals surface area contributed by atoms with Crippen LogP contribution >= 0.6 is 27.3 Å². The lowest BCUT2D eigenvalue weighted by molar-refractivity contribution is -0.111. The van der Waals surface area contributed by atoms with Crippen molar-refractivity contribution < 1.29 is 14.3 Å². The van der Waals surface area contributed by atoms with Gasteiger partial charge in [-0.15, -0.1) is 11.3 Å². The smallest absolute Gasteiger partial charge is 0.248 e. The number of carbonyl (C=O) groups excluding carboxylic acids is 1. The first kappa shape index (κ1) is 16.6. The van der Waals surface area contributed by atoms with Crippen molar-refractivity contribution in [3.8, 4) is 11.5 Å². The second kappa shape index (κ2) is 7.47. The number of methoxy groups -OCH3 is 2. The Hall–Kier alpha value is -1.79. The summed E-state index contributed by atoms with van der Waals surface area (Å²) in [4.78, 5) is 13.0. The molecule has 1 heterocycles. The number of aryl methyl sites for hydroxylation is 1. The second-order valence-corrected chi connectivity index (χ2v) is 6.98. The summed E-state index contributed by atoms with van der Waals surface area (Å²) in [5.74, 6) is 1.02. The lowest BCUT2D eigenvalue weighted by atomic mass is 10.1. The van der Waals surface area contributed by atoms with Gasteiger partial charge in [0.1, 0.15) is 0 Å². The summed E-state index contributed by atoms with van der Waals surface area (Å²) in [5.41, 5.74) is 1.60. The molecule has 0 atom stereocenters. The zero-order valence-corrected chi connectivity index (χ0v) is 14.9. The summed E-state index contributed by atoms with van der Waals surface area (Å²) in [6.07, 6.45) is 3.29. The van der Waals surface area contributed by atoms with Gasteiger partial charge in [-0.05, 0) is 52.7 Å². The van der Waals surface area contributed by atoms with E-state index in [4.69, 9.17) is 9.47 Å². The van der Waals surface area contributed by atoms with Crippen LogP contribution in [-0.4, -0.2) is 20.1 Å². The number of amides is 1. The van der Waals surface area contributed by atoms with E-state index in [1.54, 1.807) is 37.7 Å². The van der Waals surface area contributed by atoms with Crippen LogP contribution in [0.3, 0.4) is 0 Å². The molecule has 0 spiro atoms. The molecule has 0 aliphatic rings. The Morgan fingerprint density at radius 1 is 1.23 bits per heavy atom. The molecule has 0 radical (unpaired) electrons. The Labute approximate surface area is 141 Å². The van der Waals surface area contributed by atoms with Crippen molar-refractivity contribution in [1.29, 1.82) is 0 Å². The molecule has 116 valence electrons. The van der Waals surface area contributed by atoms with E-state index in [9.17, 15) is 4.79 Å². The summed E-state index contributed by atoms with van der Waals surface area (Å²) >= 11 is 4.95. The molecule has 1 N–H and O–H groups in total. The average molecular weight is 382 g/mol. The highest BCUT2D eigenvalue weighted by atomic mass is 79.9. The molecule has 0 fully saturated rings. The van der Waals surface area contributed by atoms with Gasteiger partial charge in [-0.2, -0.15) is 0 Å². The second-order valence-electron chi connectivity index (χ2n) is 4.49. The van der Waals surface area contributed by atoms with Crippen molar-refractivity contribution >= 4 is 44.9 Å². The SMILES string of the molecule is COc1cc(C)c(NC(=O)/C=C/c2ccc(Br)s2)cc1OC. The van der Waals surface area contributed by atoms with Gasteiger partial charge in [-0.1, -0.05) is 0 Å². The number of ether oxygens (including phenoxy) is 2. The molecule has 2 aromatic rings. The summed E-state index contributed by atoms with van der Waals surface area (Å²) in [7, 11) is 3.14. The summed E-state index contributed by atoms with van der Waals surface area (Å²) < 4.78 is 11.5. The third-order valence-electron chi connectivity index (χ3n) is 2.98. The van der Waals surface area contributed by atoms with E-state index in [2.05, 4.69) is 21.2 Å². The number of halogens is 1. The van der Waals surface area contributed by atoms with Crippen molar-refractivity contribution in [2.24, 2.45) is 0 Å². The topological polar surface area (TPSA) is 47.6 Å². The molecule has 0 aliphatic carbocycles. The van der Waals surface area contributed by atoms with Gasteiger partial charge in [0, 0.05) is 22.7 Å². The minimum Gasteiger partial charge on any atom is -0.493 e. The number of anilines is 1. The number of thiophene rings is 1. The van der Waals surface area contributed by atoms with E-state index < -0.39 is 0 Å². The van der Waals surface area contributed by atoms with Crippen molar-refractivity contribution in [1.82, 2.24) is 0 Å². The Kier molecular flexibility index (Phi) is 5.63. The maximum atomic E-state index is 12.0. The Morgan fingerprint density at radius 3 is 2.50 bits per heavy atom. The molecular weight excluding hydrogens is 366 g/mol. The Morgan fingerprint density at radius 2 is 1.91 bits per heavy atom. The zero-order valence-electron chi connectivity index (χ0n) is 12.5. The highest BCUT2D eigenvalue weighted by molar-refractivity contribution is 9.11. The zero-order chi connectivity index (χ0) is 16.1. The predicted octanol–water partition coefficient (Wildman–Crippen LogP) is 4.49. The molecule has 0 bridgehead atoms. The fraction of sp³-hybridized carbons (Fsp3) is 0.188. The molecule has 22 heavy (non-hydrogen) atoms. The standard InChI is InChI=1S/C16H16BrNO3S/c1-10-8-13(20-2)14(21-3)9-12(10)18-16(19)7-5-11-4-6-15(17)22-11/h4-9H,1-3H3,(H,18,19)/b7-5+. The number of benzene rings is 1. The fourth-order valence-electron chi connectivity index (χ4n) is 1.87. The van der Waals surface area contributed by atoms with Crippen LogP contribution in [-0.2, 0) is 4.79 Å². The van der Waals surface area contributed by atoms with Crippen LogP contribution in [0.15, 0.2) is 34.1 Å². The van der Waals surface area contributed by atoms with E-state index in [-0.39, 0.29) is 5.91 Å². The quantitative estimate of drug-likeness (QED) is 0.776. The van der Waals surface area contributed by atoms with Gasteiger partial charge >= 0.3 is 0 Å². The first-order valence-electron chi connectivity index (χ1n) is 6.50. The lowest BCUT2D eigenvalue weighted by Crippen LogP contribution is -2.09. The molecule has 0 saturated carbocycles. The predicted molar refractivity (Wildman–Crippen MR) is 94.0 cm³/mol. The average Bonchev–Trinajstić information content (AvgIpc) is 2.92. The number of hydrogen-bond donors (Lipinski definition) is 1. The van der Waals surface area contributed by atoms with Crippen LogP contribution < -0.4 is 14.8 Å². The van der Waals surface area contributed by atoms with Crippen LogP contribution in [0.4, 0.5) is 5.69 Å². The van der Waals surface area contributed by atoms with Gasteiger partial charge in [0.25, 0.3) is 0 Å². The Balaban J connectivity index is 2.12. The number of hydrogen-bond acceptors (Lipinski definition) is 4. The van der Waals surface area contributed by atoms with Gasteiger partial charge in [-0.25, -0.2) is 0 Å². The van der Waals surface area contributed by atoms with Gasteiger partial charge in [0.2, 0.25) is 5.91 Å². The lowest BCUT2D eigenvalue weighted by Gasteiger charge is -2.12. The van der Waals surface area contributed by atoms with E-state index in [1.165, 1.54) is 6.08 Å². The fourth-order valence-corrected chi connectivity index (χ4v) is 3.19. The molecule has 4 nitrogen and oxygen atoms in total. The van der Waals surface area contributed by atoms with Crippen LogP contribution in [0.1, 0.15) is 10.4 Å². The largest absolute Gasteiger partial charge is 0.493 e. The summed E-state index contributed by atoms with van der Waals surface area (Å²) in [6.45, 7) is 1.90. The minimum absolute atomic E-state index is 0.195. The van der Waals surface area contributed by atoms with Crippen molar-refractivity contribution in [2.45, 2.75) is 6.92 Å². The Bertz CT molecular complexity index is 709. The highest BCUT2D eigenvalue weighted by Crippen LogP contribution is 2.32. The van der Waals surface area contributed by atoms with Crippen LogP contribution in [0, 0.1) is 6.92 Å². The van der Waals surface area contributed by atoms with Crippen molar-refractivity contribution in [3.05, 3.63) is 44.6 Å². The third kappa shape index (κ3) is 4.11. The van der Waals surface area contributed by atoms with E-state index >= 15 is 0 Å². The van der Waals surface area contributed by atoms with Gasteiger partial charge in [0.05, 0.1) is 18.0 Å². The van der Waals surface area contributed by atoms with Gasteiger partial charge in [-0.3, -0.25) is 4.79 Å². The van der Waals surface area contributed by atoms with E-state index in [0.29, 0.717) is 17.2 Å². The maximum Gasteiger partial charge on any atom is 0.248 e. The molecule has 1 amide bonds. The van der Waals surface area contributed by atoms with Gasteiger partial charge in [0.15, 0.2) is 11.5 Å². The maximum absolute atomic E-state index is 12.0. The number of rotatable bonds is 5. The molecule has 0 aliphatic heterocycles. The molecule has 6 heteroatoms. The molecular formula is C16H16BrNO3S. The van der Waals surface area contributed by atoms with E-state index in [0.717, 1.165) is 14.2 Å². The molecule has 0 unspecified atom stereocenters. The van der Waals surface area contributed by atoms with Crippen LogP contribution in [0.5, 0.6) is 11.5 Å². The molecule has 1 aromatic carbocycles. The van der Waals surface area contributed by atoms with E-state index in [1.807, 2.05) is 25.1 Å². The van der Waals surface area contributed by atoms with Crippen LogP contribution in [0.2, 0.25) is 0 Å². The molecule has 1 aromatic heterocycles. The van der Waals surface area contributed by atoms with Crippen molar-refractivity contribution in [3.63, 3.8) is 0 Å². The monoisotopic (exact) mass is 381 g/mol.